The molecule has 0 spiro atoms. The van der Waals surface area contributed by atoms with Gasteiger partial charge in [0.1, 0.15) is 0 Å². The number of aromatic nitrogens is 3. The van der Waals surface area contributed by atoms with Crippen molar-refractivity contribution in [3.8, 4) is 0 Å². The van der Waals surface area contributed by atoms with E-state index in [1.807, 2.05) is 13.0 Å². The van der Waals surface area contributed by atoms with Gasteiger partial charge in [-0.05, 0) is 25.8 Å². The number of hydrogen-bond acceptors (Lipinski definition) is 4. The minimum absolute atomic E-state index is 0.206. The summed E-state index contributed by atoms with van der Waals surface area (Å²) in [5.41, 5.74) is 1.49. The molecule has 1 amide bonds. The Balaban J connectivity index is 1.72. The molecule has 17 heavy (non-hydrogen) atoms. The summed E-state index contributed by atoms with van der Waals surface area (Å²) in [6.45, 7) is 1.95. The molecular formula is C11H12N4OS. The third kappa shape index (κ3) is 2.21. The summed E-state index contributed by atoms with van der Waals surface area (Å²) < 4.78 is 0. The highest BCUT2D eigenvalue weighted by atomic mass is 32.1. The molecule has 2 heterocycles. The maximum atomic E-state index is 11.9. The lowest BCUT2D eigenvalue weighted by Crippen LogP contribution is -2.11. The lowest BCUT2D eigenvalue weighted by Gasteiger charge is -1.96. The number of aromatic amines is 1. The van der Waals surface area contributed by atoms with Crippen LogP contribution in [-0.2, 0) is 0 Å². The van der Waals surface area contributed by atoms with Crippen molar-refractivity contribution in [1.82, 2.24) is 15.2 Å². The number of thiazole rings is 1. The van der Waals surface area contributed by atoms with Gasteiger partial charge in [0, 0.05) is 22.7 Å². The average Bonchev–Trinajstić information content (AvgIpc) is 2.88. The smallest absolute Gasteiger partial charge is 0.277 e. The summed E-state index contributed by atoms with van der Waals surface area (Å²) in [6.07, 6.45) is 4.12. The van der Waals surface area contributed by atoms with Crippen LogP contribution < -0.4 is 5.32 Å². The van der Waals surface area contributed by atoms with Gasteiger partial charge in [-0.2, -0.15) is 5.10 Å². The molecular weight excluding hydrogens is 236 g/mol. The number of nitrogens with zero attached hydrogens (tertiary/aromatic N) is 2. The van der Waals surface area contributed by atoms with Crippen molar-refractivity contribution in [2.75, 3.05) is 5.32 Å². The zero-order valence-corrected chi connectivity index (χ0v) is 10.2. The number of aryl methyl sites for hydroxylation is 1. The monoisotopic (exact) mass is 248 g/mol. The van der Waals surface area contributed by atoms with Crippen LogP contribution in [0.3, 0.4) is 0 Å². The molecule has 1 fully saturated rings. The Labute approximate surface area is 102 Å². The second-order valence-electron chi connectivity index (χ2n) is 4.21. The minimum atomic E-state index is -0.206. The molecule has 1 aliphatic rings. The standard InChI is InChI=1S/C11H12N4OS/c1-6-5-12-11(17-6)13-10(16)9-4-8(14-15-9)7-2-3-7/h4-5,7H,2-3H2,1H3,(H,14,15)(H,12,13,16). The normalized spacial score (nSPS) is 14.9. The van der Waals surface area contributed by atoms with Crippen molar-refractivity contribution >= 4 is 22.4 Å². The molecule has 0 unspecified atom stereocenters. The van der Waals surface area contributed by atoms with Crippen molar-refractivity contribution in [3.63, 3.8) is 0 Å². The molecule has 2 aromatic heterocycles. The third-order valence-electron chi connectivity index (χ3n) is 2.69. The number of rotatable bonds is 3. The summed E-state index contributed by atoms with van der Waals surface area (Å²) in [5, 5.41) is 10.3. The number of carbonyl (C=O) groups is 1. The predicted molar refractivity (Wildman–Crippen MR) is 65.4 cm³/mol. The van der Waals surface area contributed by atoms with Gasteiger partial charge in [0.2, 0.25) is 0 Å². The SMILES string of the molecule is Cc1cnc(NC(=O)c2cc(C3CC3)[nH]n2)s1. The largest absolute Gasteiger partial charge is 0.296 e. The highest BCUT2D eigenvalue weighted by molar-refractivity contribution is 7.15. The molecule has 2 aromatic rings. The highest BCUT2D eigenvalue weighted by Gasteiger charge is 2.26. The third-order valence-corrected chi connectivity index (χ3v) is 3.52. The molecule has 0 aliphatic heterocycles. The number of nitrogens with one attached hydrogen (secondary N) is 2. The Morgan fingerprint density at radius 2 is 2.41 bits per heavy atom. The fraction of sp³-hybridized carbons (Fsp3) is 0.364. The summed E-state index contributed by atoms with van der Waals surface area (Å²) >= 11 is 1.46. The van der Waals surface area contributed by atoms with Crippen LogP contribution in [0.5, 0.6) is 0 Å². The first-order valence-electron chi connectivity index (χ1n) is 5.51. The molecule has 0 saturated heterocycles. The zero-order valence-electron chi connectivity index (χ0n) is 9.36. The second-order valence-corrected chi connectivity index (χ2v) is 5.45. The molecule has 5 nitrogen and oxygen atoms in total. The lowest BCUT2D eigenvalue weighted by atomic mass is 10.2. The van der Waals surface area contributed by atoms with E-state index in [0.717, 1.165) is 10.6 Å². The first kappa shape index (κ1) is 10.5. The van der Waals surface area contributed by atoms with E-state index in [-0.39, 0.29) is 5.91 Å². The predicted octanol–water partition coefficient (Wildman–Crippen LogP) is 2.30. The van der Waals surface area contributed by atoms with E-state index in [9.17, 15) is 4.79 Å². The van der Waals surface area contributed by atoms with Crippen LogP contribution in [0, 0.1) is 6.92 Å². The van der Waals surface area contributed by atoms with Crippen LogP contribution in [0.4, 0.5) is 5.13 Å². The van der Waals surface area contributed by atoms with E-state index in [1.54, 1.807) is 6.20 Å². The van der Waals surface area contributed by atoms with Gasteiger partial charge in [0.05, 0.1) is 0 Å². The Hall–Kier alpha value is -1.69. The number of H-pyrrole nitrogens is 1. The van der Waals surface area contributed by atoms with Crippen LogP contribution >= 0.6 is 11.3 Å². The van der Waals surface area contributed by atoms with E-state index in [2.05, 4.69) is 20.5 Å². The minimum Gasteiger partial charge on any atom is -0.296 e. The van der Waals surface area contributed by atoms with Crippen LogP contribution in [0.2, 0.25) is 0 Å². The van der Waals surface area contributed by atoms with E-state index < -0.39 is 0 Å². The van der Waals surface area contributed by atoms with Crippen molar-refractivity contribution in [1.29, 1.82) is 0 Å². The van der Waals surface area contributed by atoms with Gasteiger partial charge in [-0.1, -0.05) is 0 Å². The van der Waals surface area contributed by atoms with Crippen LogP contribution in [0.25, 0.3) is 0 Å². The van der Waals surface area contributed by atoms with Crippen molar-refractivity contribution in [3.05, 3.63) is 28.5 Å². The van der Waals surface area contributed by atoms with Gasteiger partial charge >= 0.3 is 0 Å². The average molecular weight is 248 g/mol. The molecule has 1 saturated carbocycles. The van der Waals surface area contributed by atoms with E-state index in [4.69, 9.17) is 0 Å². The molecule has 0 aromatic carbocycles. The molecule has 2 N–H and O–H groups in total. The van der Waals surface area contributed by atoms with Crippen molar-refractivity contribution in [2.24, 2.45) is 0 Å². The molecule has 0 bridgehead atoms. The fourth-order valence-electron chi connectivity index (χ4n) is 1.63. The van der Waals surface area contributed by atoms with Gasteiger partial charge in [-0.25, -0.2) is 4.98 Å². The number of amides is 1. The second kappa shape index (κ2) is 3.96. The van der Waals surface area contributed by atoms with Gasteiger partial charge < -0.3 is 0 Å². The maximum Gasteiger partial charge on any atom is 0.277 e. The highest BCUT2D eigenvalue weighted by Crippen LogP contribution is 2.39. The van der Waals surface area contributed by atoms with Gasteiger partial charge in [-0.15, -0.1) is 11.3 Å². The first-order chi connectivity index (χ1) is 8.22. The molecule has 88 valence electrons. The number of hydrogen-bond donors (Lipinski definition) is 2. The summed E-state index contributed by atoms with van der Waals surface area (Å²) in [5.74, 6) is 0.369. The van der Waals surface area contributed by atoms with Crippen molar-refractivity contribution in [2.45, 2.75) is 25.7 Å². The molecule has 0 atom stereocenters. The molecule has 1 aliphatic carbocycles. The Bertz CT molecular complexity index is 555. The molecule has 3 rings (SSSR count). The topological polar surface area (TPSA) is 70.7 Å². The van der Waals surface area contributed by atoms with E-state index >= 15 is 0 Å². The van der Waals surface area contributed by atoms with Crippen LogP contribution in [0.1, 0.15) is 39.8 Å². The Morgan fingerprint density at radius 3 is 3.06 bits per heavy atom. The Morgan fingerprint density at radius 1 is 1.59 bits per heavy atom. The lowest BCUT2D eigenvalue weighted by molar-refractivity contribution is 0.102. The van der Waals surface area contributed by atoms with Crippen LogP contribution in [-0.4, -0.2) is 21.1 Å². The quantitative estimate of drug-likeness (QED) is 0.875. The Kier molecular flexibility index (Phi) is 2.44. The van der Waals surface area contributed by atoms with Crippen LogP contribution in [0.15, 0.2) is 12.3 Å². The zero-order chi connectivity index (χ0) is 11.8. The molecule has 0 radical (unpaired) electrons. The van der Waals surface area contributed by atoms with Gasteiger partial charge in [-0.3, -0.25) is 15.2 Å². The molecule has 6 heteroatoms. The van der Waals surface area contributed by atoms with E-state index in [1.165, 1.54) is 24.2 Å². The van der Waals surface area contributed by atoms with Gasteiger partial charge in [0.15, 0.2) is 10.8 Å². The summed E-state index contributed by atoms with van der Waals surface area (Å²) in [4.78, 5) is 17.0. The number of anilines is 1. The first-order valence-corrected chi connectivity index (χ1v) is 6.33. The summed E-state index contributed by atoms with van der Waals surface area (Å²) in [7, 11) is 0. The maximum absolute atomic E-state index is 11.9. The van der Waals surface area contributed by atoms with E-state index in [0.29, 0.717) is 16.7 Å². The number of carbonyl (C=O) groups excluding carboxylic acids is 1. The fourth-order valence-corrected chi connectivity index (χ4v) is 2.29. The van der Waals surface area contributed by atoms with Crippen molar-refractivity contribution < 1.29 is 4.79 Å². The summed E-state index contributed by atoms with van der Waals surface area (Å²) in [6, 6.07) is 1.83. The van der Waals surface area contributed by atoms with Gasteiger partial charge in [0.25, 0.3) is 5.91 Å².